The van der Waals surface area contributed by atoms with Crippen molar-refractivity contribution in [3.8, 4) is 0 Å². The molecule has 0 saturated heterocycles. The van der Waals surface area contributed by atoms with E-state index in [1.165, 1.54) is 24.9 Å². The van der Waals surface area contributed by atoms with Crippen LogP contribution in [0.1, 0.15) is 26.7 Å². The Labute approximate surface area is 77.7 Å². The molecule has 0 aliphatic heterocycles. The molecule has 1 radical (unpaired) electrons. The maximum atomic E-state index is 2.51. The summed E-state index contributed by atoms with van der Waals surface area (Å²) in [6, 6.07) is 2.98. The first-order chi connectivity index (χ1) is 5.85. The predicted molar refractivity (Wildman–Crippen MR) is 55.8 cm³/mol. The van der Waals surface area contributed by atoms with Crippen molar-refractivity contribution in [2.45, 2.75) is 44.3 Å². The Morgan fingerprint density at radius 2 is 1.92 bits per heavy atom. The molecule has 12 heavy (non-hydrogen) atoms. The molecule has 1 fully saturated rings. The highest BCUT2D eigenvalue weighted by molar-refractivity contribution is 6.60. The average molecular weight is 179 g/mol. The molecule has 0 spiro atoms. The van der Waals surface area contributed by atoms with E-state index in [9.17, 15) is 0 Å². The number of hydrogen-bond acceptors (Lipinski definition) is 0. The van der Waals surface area contributed by atoms with Gasteiger partial charge in [-0.1, -0.05) is 38.1 Å². The molecule has 0 N–H and O–H groups in total. The molecule has 2 aliphatic rings. The van der Waals surface area contributed by atoms with Crippen molar-refractivity contribution in [2.75, 3.05) is 0 Å². The van der Waals surface area contributed by atoms with Crippen LogP contribution in [0.2, 0.25) is 17.6 Å². The molecule has 0 nitrogen and oxygen atoms in total. The van der Waals surface area contributed by atoms with Crippen molar-refractivity contribution in [1.29, 1.82) is 0 Å². The molecule has 1 heteroatoms. The van der Waals surface area contributed by atoms with Crippen LogP contribution in [-0.2, 0) is 0 Å². The molecule has 3 unspecified atom stereocenters. The first-order valence-electron chi connectivity index (χ1n) is 5.38. The molecule has 2 aliphatic carbocycles. The lowest BCUT2D eigenvalue weighted by molar-refractivity contribution is 0.677. The molecule has 2 bridgehead atoms. The highest BCUT2D eigenvalue weighted by atomic mass is 28.3. The fourth-order valence-corrected chi connectivity index (χ4v) is 6.06. The minimum atomic E-state index is 0.0179. The lowest BCUT2D eigenvalue weighted by Gasteiger charge is -2.24. The fraction of sp³-hybridized carbons (Fsp3) is 0.818. The SMILES string of the molecule is CC[Si](CC)C1CC2C=CC1C2. The number of allylic oxidation sites excluding steroid dienone is 2. The van der Waals surface area contributed by atoms with E-state index < -0.39 is 0 Å². The largest absolute Gasteiger partial charge is 0.0851 e. The zero-order valence-corrected chi connectivity index (χ0v) is 9.22. The topological polar surface area (TPSA) is 0 Å². The van der Waals surface area contributed by atoms with E-state index in [2.05, 4.69) is 26.0 Å². The van der Waals surface area contributed by atoms with E-state index in [0.717, 1.165) is 17.4 Å². The van der Waals surface area contributed by atoms with Gasteiger partial charge in [-0.2, -0.15) is 0 Å². The Morgan fingerprint density at radius 3 is 2.33 bits per heavy atom. The fourth-order valence-electron chi connectivity index (χ4n) is 3.02. The summed E-state index contributed by atoms with van der Waals surface area (Å²) in [7, 11) is 0.0179. The van der Waals surface area contributed by atoms with Gasteiger partial charge in [0, 0.05) is 0 Å². The van der Waals surface area contributed by atoms with Gasteiger partial charge in [0.25, 0.3) is 0 Å². The van der Waals surface area contributed by atoms with Crippen LogP contribution in [0.5, 0.6) is 0 Å². The van der Waals surface area contributed by atoms with Crippen molar-refractivity contribution in [3.63, 3.8) is 0 Å². The number of hydrogen-bond donors (Lipinski definition) is 0. The normalized spacial score (nSPS) is 38.4. The second kappa shape index (κ2) is 3.37. The summed E-state index contributed by atoms with van der Waals surface area (Å²) in [6.07, 6.45) is 8.01. The number of rotatable bonds is 3. The molecule has 3 atom stereocenters. The van der Waals surface area contributed by atoms with Crippen LogP contribution in [0.3, 0.4) is 0 Å². The lowest BCUT2D eigenvalue weighted by atomic mass is 10.1. The van der Waals surface area contributed by atoms with Crippen LogP contribution in [0.25, 0.3) is 0 Å². The summed E-state index contributed by atoms with van der Waals surface area (Å²) in [6.45, 7) is 4.79. The standard InChI is InChI=1S/C11H19Si/c1-3-12(4-2)11-8-9-5-6-10(11)7-9/h5-6,9-11H,3-4,7-8H2,1-2H3. The third-order valence-corrected chi connectivity index (χ3v) is 7.24. The Bertz CT molecular complexity index is 181. The van der Waals surface area contributed by atoms with Crippen LogP contribution in [-0.4, -0.2) is 8.80 Å². The van der Waals surface area contributed by atoms with Crippen LogP contribution < -0.4 is 0 Å². The summed E-state index contributed by atoms with van der Waals surface area (Å²) in [4.78, 5) is 0. The molecular weight excluding hydrogens is 160 g/mol. The molecule has 1 saturated carbocycles. The summed E-state index contributed by atoms with van der Waals surface area (Å²) in [5.74, 6) is 1.99. The van der Waals surface area contributed by atoms with Gasteiger partial charge in [-0.15, -0.1) is 0 Å². The Morgan fingerprint density at radius 1 is 1.17 bits per heavy atom. The van der Waals surface area contributed by atoms with E-state index in [1.54, 1.807) is 0 Å². The summed E-state index contributed by atoms with van der Waals surface area (Å²) in [5.41, 5.74) is 1.14. The minimum absolute atomic E-state index is 0.0179. The second-order valence-electron chi connectivity index (χ2n) is 4.25. The van der Waals surface area contributed by atoms with Crippen molar-refractivity contribution in [1.82, 2.24) is 0 Å². The average Bonchev–Trinajstić information content (AvgIpc) is 2.67. The number of fused-ring (bicyclic) bond motifs is 2. The molecule has 0 aromatic carbocycles. The molecule has 0 aromatic rings. The second-order valence-corrected chi connectivity index (χ2v) is 7.72. The van der Waals surface area contributed by atoms with Gasteiger partial charge in [-0.25, -0.2) is 0 Å². The minimum Gasteiger partial charge on any atom is -0.0851 e. The molecule has 2 rings (SSSR count). The smallest absolute Gasteiger partial charge is 0.0512 e. The van der Waals surface area contributed by atoms with Gasteiger partial charge in [0.15, 0.2) is 0 Å². The highest BCUT2D eigenvalue weighted by Crippen LogP contribution is 2.49. The molecular formula is C11H19Si. The quantitative estimate of drug-likeness (QED) is 0.459. The summed E-state index contributed by atoms with van der Waals surface area (Å²) < 4.78 is 0. The van der Waals surface area contributed by atoms with E-state index in [0.29, 0.717) is 0 Å². The monoisotopic (exact) mass is 179 g/mol. The zero-order chi connectivity index (χ0) is 8.55. The summed E-state index contributed by atoms with van der Waals surface area (Å²) >= 11 is 0. The zero-order valence-electron chi connectivity index (χ0n) is 8.22. The first-order valence-corrected chi connectivity index (χ1v) is 7.37. The van der Waals surface area contributed by atoms with Crippen LogP contribution >= 0.6 is 0 Å². The van der Waals surface area contributed by atoms with Gasteiger partial charge in [0.2, 0.25) is 0 Å². The third-order valence-electron chi connectivity index (χ3n) is 3.71. The van der Waals surface area contributed by atoms with Gasteiger partial charge in [-0.3, -0.25) is 0 Å². The molecule has 0 aromatic heterocycles. The van der Waals surface area contributed by atoms with Gasteiger partial charge < -0.3 is 0 Å². The Balaban J connectivity index is 2.01. The van der Waals surface area contributed by atoms with E-state index in [4.69, 9.17) is 0 Å². The highest BCUT2D eigenvalue weighted by Gasteiger charge is 2.39. The predicted octanol–water partition coefficient (Wildman–Crippen LogP) is 3.49. The lowest BCUT2D eigenvalue weighted by Crippen LogP contribution is -2.21. The molecule has 0 heterocycles. The van der Waals surface area contributed by atoms with Crippen molar-refractivity contribution >= 4 is 8.80 Å². The van der Waals surface area contributed by atoms with Gasteiger partial charge >= 0.3 is 0 Å². The van der Waals surface area contributed by atoms with E-state index in [1.807, 2.05) is 0 Å². The summed E-state index contributed by atoms with van der Waals surface area (Å²) in [5, 5.41) is 0. The van der Waals surface area contributed by atoms with E-state index in [-0.39, 0.29) is 8.80 Å². The van der Waals surface area contributed by atoms with Crippen LogP contribution in [0.4, 0.5) is 0 Å². The van der Waals surface area contributed by atoms with Gasteiger partial charge in [-0.05, 0) is 30.2 Å². The van der Waals surface area contributed by atoms with Crippen LogP contribution in [0, 0.1) is 11.8 Å². The first kappa shape index (κ1) is 8.55. The maximum Gasteiger partial charge on any atom is 0.0512 e. The maximum absolute atomic E-state index is 2.51. The molecule has 0 amide bonds. The van der Waals surface area contributed by atoms with Crippen molar-refractivity contribution in [3.05, 3.63) is 12.2 Å². The van der Waals surface area contributed by atoms with Crippen molar-refractivity contribution in [2.24, 2.45) is 11.8 Å². The Hall–Kier alpha value is -0.0431. The van der Waals surface area contributed by atoms with E-state index >= 15 is 0 Å². The Kier molecular flexibility index (Phi) is 2.40. The van der Waals surface area contributed by atoms with Crippen LogP contribution in [0.15, 0.2) is 12.2 Å². The third kappa shape index (κ3) is 1.28. The molecule has 67 valence electrons. The van der Waals surface area contributed by atoms with Gasteiger partial charge in [0.05, 0.1) is 8.80 Å². The van der Waals surface area contributed by atoms with Crippen molar-refractivity contribution < 1.29 is 0 Å². The van der Waals surface area contributed by atoms with Gasteiger partial charge in [0.1, 0.15) is 0 Å².